The standard InChI is InChI=1S/C25H34N2O2S/c1-3-5-6-7-8-9-10-11-12-17-24-26-21-15-13-14-16-22(21)27(24)20-18-23(30-19-20)25(28)29-4-2/h13-16,18-19H,3-12,17H2,1-2H3. The number of imidazole rings is 1. The molecule has 4 nitrogen and oxygen atoms in total. The van der Waals surface area contributed by atoms with E-state index in [1.807, 2.05) is 30.5 Å². The van der Waals surface area contributed by atoms with Crippen LogP contribution in [0.15, 0.2) is 35.7 Å². The Labute approximate surface area is 184 Å². The van der Waals surface area contributed by atoms with Crippen LogP contribution in [0.25, 0.3) is 16.7 Å². The van der Waals surface area contributed by atoms with Crippen LogP contribution in [0.4, 0.5) is 0 Å². The first-order valence-corrected chi connectivity index (χ1v) is 12.3. The summed E-state index contributed by atoms with van der Waals surface area (Å²) in [6.45, 7) is 4.49. The fraction of sp³-hybridized carbons (Fsp3) is 0.520. The van der Waals surface area contributed by atoms with Crippen molar-refractivity contribution in [3.8, 4) is 5.69 Å². The largest absolute Gasteiger partial charge is 0.462 e. The van der Waals surface area contributed by atoms with Gasteiger partial charge in [-0.05, 0) is 31.5 Å². The van der Waals surface area contributed by atoms with Gasteiger partial charge in [-0.25, -0.2) is 9.78 Å². The van der Waals surface area contributed by atoms with E-state index in [-0.39, 0.29) is 5.97 Å². The van der Waals surface area contributed by atoms with E-state index in [1.54, 1.807) is 0 Å². The fourth-order valence-electron chi connectivity index (χ4n) is 3.88. The zero-order valence-electron chi connectivity index (χ0n) is 18.4. The molecular weight excluding hydrogens is 392 g/mol. The van der Waals surface area contributed by atoms with Crippen molar-refractivity contribution in [2.75, 3.05) is 6.61 Å². The number of para-hydroxylation sites is 2. The lowest BCUT2D eigenvalue weighted by Gasteiger charge is -2.07. The Morgan fingerprint density at radius 1 is 1.00 bits per heavy atom. The molecule has 2 heterocycles. The Kier molecular flexibility index (Phi) is 8.94. The number of fused-ring (bicyclic) bond motifs is 1. The first-order chi connectivity index (χ1) is 14.7. The van der Waals surface area contributed by atoms with Crippen molar-refractivity contribution >= 4 is 28.3 Å². The van der Waals surface area contributed by atoms with Crippen molar-refractivity contribution in [3.63, 3.8) is 0 Å². The molecule has 0 aliphatic heterocycles. The Morgan fingerprint density at radius 2 is 1.70 bits per heavy atom. The van der Waals surface area contributed by atoms with Gasteiger partial charge in [0.2, 0.25) is 0 Å². The van der Waals surface area contributed by atoms with Gasteiger partial charge in [-0.1, -0.05) is 70.4 Å². The maximum atomic E-state index is 12.1. The van der Waals surface area contributed by atoms with E-state index >= 15 is 0 Å². The summed E-state index contributed by atoms with van der Waals surface area (Å²) in [6.07, 6.45) is 12.8. The molecule has 2 aromatic heterocycles. The van der Waals surface area contributed by atoms with Crippen LogP contribution < -0.4 is 0 Å². The van der Waals surface area contributed by atoms with Gasteiger partial charge in [0.25, 0.3) is 0 Å². The van der Waals surface area contributed by atoms with Crippen molar-refractivity contribution in [2.45, 2.75) is 78.1 Å². The number of thiophene rings is 1. The Morgan fingerprint density at radius 3 is 2.43 bits per heavy atom. The summed E-state index contributed by atoms with van der Waals surface area (Å²) in [5, 5.41) is 2.03. The molecule has 0 bridgehead atoms. The highest BCUT2D eigenvalue weighted by molar-refractivity contribution is 7.12. The summed E-state index contributed by atoms with van der Waals surface area (Å²) < 4.78 is 7.36. The van der Waals surface area contributed by atoms with Crippen LogP contribution in [-0.2, 0) is 11.2 Å². The monoisotopic (exact) mass is 426 g/mol. The van der Waals surface area contributed by atoms with Gasteiger partial charge in [0.15, 0.2) is 0 Å². The van der Waals surface area contributed by atoms with E-state index in [2.05, 4.69) is 23.6 Å². The lowest BCUT2D eigenvalue weighted by molar-refractivity contribution is 0.0532. The van der Waals surface area contributed by atoms with E-state index < -0.39 is 0 Å². The molecule has 3 rings (SSSR count). The number of unbranched alkanes of at least 4 members (excludes halogenated alkanes) is 8. The number of aromatic nitrogens is 2. The number of hydrogen-bond acceptors (Lipinski definition) is 4. The SMILES string of the molecule is CCCCCCCCCCCc1nc2ccccc2n1-c1csc(C(=O)OCC)c1. The number of carbonyl (C=O) groups is 1. The Balaban J connectivity index is 1.64. The van der Waals surface area contributed by atoms with Crippen LogP contribution >= 0.6 is 11.3 Å². The van der Waals surface area contributed by atoms with Crippen LogP contribution in [0.3, 0.4) is 0 Å². The molecule has 0 fully saturated rings. The van der Waals surface area contributed by atoms with E-state index in [0.717, 1.165) is 35.4 Å². The minimum atomic E-state index is -0.251. The molecule has 30 heavy (non-hydrogen) atoms. The van der Waals surface area contributed by atoms with Gasteiger partial charge in [-0.3, -0.25) is 4.57 Å². The minimum Gasteiger partial charge on any atom is -0.462 e. The van der Waals surface area contributed by atoms with E-state index in [4.69, 9.17) is 9.72 Å². The third-order valence-corrected chi connectivity index (χ3v) is 6.35. The Hall–Kier alpha value is -2.14. The van der Waals surface area contributed by atoms with Gasteiger partial charge < -0.3 is 4.74 Å². The number of esters is 1. The number of hydrogen-bond donors (Lipinski definition) is 0. The first kappa shape index (κ1) is 22.5. The predicted octanol–water partition coefficient (Wildman–Crippen LogP) is 7.34. The maximum Gasteiger partial charge on any atom is 0.348 e. The Bertz CT molecular complexity index is 928. The molecule has 5 heteroatoms. The molecule has 0 saturated heterocycles. The van der Waals surface area contributed by atoms with Crippen molar-refractivity contribution in [1.29, 1.82) is 0 Å². The van der Waals surface area contributed by atoms with Gasteiger partial charge in [0.05, 0.1) is 23.3 Å². The quantitative estimate of drug-likeness (QED) is 0.212. The first-order valence-electron chi connectivity index (χ1n) is 11.5. The number of benzene rings is 1. The molecule has 0 unspecified atom stereocenters. The second-order valence-electron chi connectivity index (χ2n) is 7.82. The zero-order chi connectivity index (χ0) is 21.2. The molecule has 1 aromatic carbocycles. The van der Waals surface area contributed by atoms with Crippen molar-refractivity contribution in [2.24, 2.45) is 0 Å². The highest BCUT2D eigenvalue weighted by Gasteiger charge is 2.16. The summed E-state index contributed by atoms with van der Waals surface area (Å²) in [4.78, 5) is 17.6. The number of ether oxygens (including phenoxy) is 1. The maximum absolute atomic E-state index is 12.1. The lowest BCUT2D eigenvalue weighted by atomic mass is 10.1. The smallest absolute Gasteiger partial charge is 0.348 e. The summed E-state index contributed by atoms with van der Waals surface area (Å²) >= 11 is 1.43. The van der Waals surface area contributed by atoms with Crippen molar-refractivity contribution < 1.29 is 9.53 Å². The van der Waals surface area contributed by atoms with Gasteiger partial charge >= 0.3 is 5.97 Å². The molecule has 162 valence electrons. The number of aryl methyl sites for hydroxylation is 1. The van der Waals surface area contributed by atoms with Crippen LogP contribution in [0.2, 0.25) is 0 Å². The molecular formula is C25H34N2O2S. The predicted molar refractivity (Wildman–Crippen MR) is 126 cm³/mol. The van der Waals surface area contributed by atoms with E-state index in [1.165, 1.54) is 62.7 Å². The zero-order valence-corrected chi connectivity index (χ0v) is 19.2. The third-order valence-electron chi connectivity index (χ3n) is 5.45. The van der Waals surface area contributed by atoms with Gasteiger partial charge in [-0.2, -0.15) is 0 Å². The molecule has 0 aliphatic carbocycles. The highest BCUT2D eigenvalue weighted by atomic mass is 32.1. The number of nitrogens with zero attached hydrogens (tertiary/aromatic N) is 2. The molecule has 0 radical (unpaired) electrons. The van der Waals surface area contributed by atoms with Gasteiger partial charge in [0, 0.05) is 11.8 Å². The van der Waals surface area contributed by atoms with E-state index in [0.29, 0.717) is 11.5 Å². The molecule has 0 spiro atoms. The topological polar surface area (TPSA) is 44.1 Å². The molecule has 0 amide bonds. The van der Waals surface area contributed by atoms with E-state index in [9.17, 15) is 4.79 Å². The van der Waals surface area contributed by atoms with Crippen LogP contribution in [-0.4, -0.2) is 22.1 Å². The third kappa shape index (κ3) is 5.94. The summed E-state index contributed by atoms with van der Waals surface area (Å²) in [5.41, 5.74) is 3.10. The fourth-order valence-corrected chi connectivity index (χ4v) is 4.64. The molecule has 0 N–H and O–H groups in total. The second kappa shape index (κ2) is 11.9. The summed E-state index contributed by atoms with van der Waals surface area (Å²) in [6, 6.07) is 10.2. The number of carbonyl (C=O) groups excluding carboxylic acids is 1. The van der Waals surface area contributed by atoms with Gasteiger partial charge in [-0.15, -0.1) is 11.3 Å². The molecule has 0 aliphatic rings. The van der Waals surface area contributed by atoms with Crippen LogP contribution in [0.5, 0.6) is 0 Å². The minimum absolute atomic E-state index is 0.251. The highest BCUT2D eigenvalue weighted by Crippen LogP contribution is 2.27. The van der Waals surface area contributed by atoms with Gasteiger partial charge in [0.1, 0.15) is 10.7 Å². The average Bonchev–Trinajstić information content (AvgIpc) is 3.37. The second-order valence-corrected chi connectivity index (χ2v) is 8.73. The van der Waals surface area contributed by atoms with Crippen LogP contribution in [0.1, 0.15) is 87.1 Å². The molecule has 3 aromatic rings. The average molecular weight is 427 g/mol. The van der Waals surface area contributed by atoms with Crippen molar-refractivity contribution in [3.05, 3.63) is 46.4 Å². The van der Waals surface area contributed by atoms with Crippen LogP contribution in [0, 0.1) is 0 Å². The lowest BCUT2D eigenvalue weighted by Crippen LogP contribution is -2.03. The summed E-state index contributed by atoms with van der Waals surface area (Å²) in [5.74, 6) is 0.825. The summed E-state index contributed by atoms with van der Waals surface area (Å²) in [7, 11) is 0. The van der Waals surface area contributed by atoms with Crippen molar-refractivity contribution in [1.82, 2.24) is 9.55 Å². The molecule has 0 saturated carbocycles. The molecule has 0 atom stereocenters. The normalized spacial score (nSPS) is 11.3. The number of rotatable bonds is 13.